The zero-order chi connectivity index (χ0) is 15.4. The van der Waals surface area contributed by atoms with E-state index in [-0.39, 0.29) is 12.0 Å². The van der Waals surface area contributed by atoms with Gasteiger partial charge in [0.15, 0.2) is 0 Å². The zero-order valence-corrected chi connectivity index (χ0v) is 13.7. The van der Waals surface area contributed by atoms with Crippen LogP contribution in [-0.2, 0) is 22.4 Å². The molecule has 1 aromatic rings. The topological polar surface area (TPSA) is 38.3 Å². The van der Waals surface area contributed by atoms with Crippen LogP contribution in [0.5, 0.6) is 0 Å². The average molecular weight is 289 g/mol. The molecule has 1 aliphatic rings. The summed E-state index contributed by atoms with van der Waals surface area (Å²) in [6, 6.07) is 4.33. The van der Waals surface area contributed by atoms with E-state index in [2.05, 4.69) is 45.1 Å². The van der Waals surface area contributed by atoms with Crippen LogP contribution in [0.4, 0.5) is 5.69 Å². The number of aryl methyl sites for hydroxylation is 3. The van der Waals surface area contributed by atoms with E-state index in [9.17, 15) is 4.79 Å². The van der Waals surface area contributed by atoms with Gasteiger partial charge < -0.3 is 10.1 Å². The Balaban J connectivity index is 2.20. The van der Waals surface area contributed by atoms with Gasteiger partial charge in [-0.05, 0) is 49.7 Å². The Kier molecular flexibility index (Phi) is 5.40. The molecule has 1 heterocycles. The molecule has 3 heteroatoms. The summed E-state index contributed by atoms with van der Waals surface area (Å²) in [6.07, 6.45) is 3.41. The van der Waals surface area contributed by atoms with E-state index in [4.69, 9.17) is 4.74 Å². The highest BCUT2D eigenvalue weighted by atomic mass is 16.5. The molecular weight excluding hydrogens is 262 g/mol. The molecule has 1 amide bonds. The van der Waals surface area contributed by atoms with Crippen LogP contribution in [0.1, 0.15) is 50.3 Å². The van der Waals surface area contributed by atoms with Crippen molar-refractivity contribution in [2.24, 2.45) is 5.92 Å². The minimum absolute atomic E-state index is 0.00908. The van der Waals surface area contributed by atoms with Gasteiger partial charge in [0.1, 0.15) is 6.10 Å². The molecule has 116 valence electrons. The Morgan fingerprint density at radius 3 is 2.43 bits per heavy atom. The van der Waals surface area contributed by atoms with Crippen molar-refractivity contribution in [1.29, 1.82) is 0 Å². The Bertz CT molecular complexity index is 485. The van der Waals surface area contributed by atoms with E-state index in [1.54, 1.807) is 0 Å². The number of hydrogen-bond acceptors (Lipinski definition) is 2. The quantitative estimate of drug-likeness (QED) is 0.913. The van der Waals surface area contributed by atoms with Gasteiger partial charge in [0, 0.05) is 12.3 Å². The van der Waals surface area contributed by atoms with Gasteiger partial charge in [-0.25, -0.2) is 0 Å². The van der Waals surface area contributed by atoms with Gasteiger partial charge in [-0.2, -0.15) is 0 Å². The SMILES string of the molecule is CCc1cc(C)cc(CC)c1NC(=O)[C@@H]1C[C@@H](C)CCO1. The third kappa shape index (κ3) is 3.85. The predicted octanol–water partition coefficient (Wildman–Crippen LogP) is 3.87. The smallest absolute Gasteiger partial charge is 0.253 e. The molecule has 1 saturated heterocycles. The van der Waals surface area contributed by atoms with Crippen molar-refractivity contribution in [1.82, 2.24) is 0 Å². The minimum Gasteiger partial charge on any atom is -0.368 e. The fraction of sp³-hybridized carbons (Fsp3) is 0.611. The van der Waals surface area contributed by atoms with E-state index in [0.717, 1.165) is 31.4 Å². The molecule has 1 aliphatic heterocycles. The lowest BCUT2D eigenvalue weighted by molar-refractivity contribution is -0.131. The molecule has 2 atom stereocenters. The summed E-state index contributed by atoms with van der Waals surface area (Å²) in [4.78, 5) is 12.5. The van der Waals surface area contributed by atoms with Crippen LogP contribution >= 0.6 is 0 Å². The number of benzene rings is 1. The van der Waals surface area contributed by atoms with Crippen molar-refractivity contribution in [3.05, 3.63) is 28.8 Å². The number of anilines is 1. The lowest BCUT2D eigenvalue weighted by Crippen LogP contribution is -2.36. The maximum Gasteiger partial charge on any atom is 0.253 e. The van der Waals surface area contributed by atoms with Crippen molar-refractivity contribution < 1.29 is 9.53 Å². The standard InChI is InChI=1S/C18H27NO2/c1-5-14-9-13(4)10-15(6-2)17(14)19-18(20)16-11-12(3)7-8-21-16/h9-10,12,16H,5-8,11H2,1-4H3,(H,19,20)/t12-,16-/m0/s1. The first-order valence-corrected chi connectivity index (χ1v) is 8.10. The van der Waals surface area contributed by atoms with Crippen LogP contribution in [0.25, 0.3) is 0 Å². The molecule has 0 bridgehead atoms. The van der Waals surface area contributed by atoms with Crippen molar-refractivity contribution in [2.75, 3.05) is 11.9 Å². The van der Waals surface area contributed by atoms with Crippen LogP contribution in [0, 0.1) is 12.8 Å². The monoisotopic (exact) mass is 289 g/mol. The maximum absolute atomic E-state index is 12.5. The van der Waals surface area contributed by atoms with Crippen molar-refractivity contribution in [3.63, 3.8) is 0 Å². The first-order valence-electron chi connectivity index (χ1n) is 8.10. The lowest BCUT2D eigenvalue weighted by Gasteiger charge is -2.27. The average Bonchev–Trinajstić information content (AvgIpc) is 2.48. The Morgan fingerprint density at radius 2 is 1.90 bits per heavy atom. The van der Waals surface area contributed by atoms with Gasteiger partial charge in [0.05, 0.1) is 0 Å². The van der Waals surface area contributed by atoms with Gasteiger partial charge in [0.2, 0.25) is 0 Å². The summed E-state index contributed by atoms with van der Waals surface area (Å²) >= 11 is 0. The number of ether oxygens (including phenoxy) is 1. The summed E-state index contributed by atoms with van der Waals surface area (Å²) in [6.45, 7) is 9.24. The minimum atomic E-state index is -0.301. The largest absolute Gasteiger partial charge is 0.368 e. The molecular formula is C18H27NO2. The highest BCUT2D eigenvalue weighted by molar-refractivity contribution is 5.95. The molecule has 0 radical (unpaired) electrons. The van der Waals surface area contributed by atoms with E-state index in [1.165, 1.54) is 16.7 Å². The highest BCUT2D eigenvalue weighted by Crippen LogP contribution is 2.26. The van der Waals surface area contributed by atoms with Gasteiger partial charge >= 0.3 is 0 Å². The van der Waals surface area contributed by atoms with Gasteiger partial charge in [0.25, 0.3) is 5.91 Å². The Hall–Kier alpha value is -1.35. The van der Waals surface area contributed by atoms with Crippen molar-refractivity contribution >= 4 is 11.6 Å². The molecule has 1 aromatic carbocycles. The zero-order valence-electron chi connectivity index (χ0n) is 13.7. The molecule has 0 unspecified atom stereocenters. The number of rotatable bonds is 4. The second-order valence-electron chi connectivity index (χ2n) is 6.14. The molecule has 0 saturated carbocycles. The van der Waals surface area contributed by atoms with Gasteiger partial charge in [-0.3, -0.25) is 4.79 Å². The number of amides is 1. The normalized spacial score (nSPS) is 22.1. The first-order chi connectivity index (χ1) is 10.0. The molecule has 0 aliphatic carbocycles. The van der Waals surface area contributed by atoms with E-state index in [1.807, 2.05) is 0 Å². The van der Waals surface area contributed by atoms with E-state index in [0.29, 0.717) is 12.5 Å². The third-order valence-corrected chi connectivity index (χ3v) is 4.29. The first kappa shape index (κ1) is 16.0. The molecule has 2 rings (SSSR count). The number of hydrogen-bond donors (Lipinski definition) is 1. The molecule has 0 spiro atoms. The number of nitrogens with one attached hydrogen (secondary N) is 1. The highest BCUT2D eigenvalue weighted by Gasteiger charge is 2.26. The Morgan fingerprint density at radius 1 is 1.29 bits per heavy atom. The molecule has 3 nitrogen and oxygen atoms in total. The summed E-state index contributed by atoms with van der Waals surface area (Å²) in [5.74, 6) is 0.568. The molecule has 21 heavy (non-hydrogen) atoms. The third-order valence-electron chi connectivity index (χ3n) is 4.29. The number of carbonyl (C=O) groups is 1. The molecule has 1 N–H and O–H groups in total. The van der Waals surface area contributed by atoms with E-state index < -0.39 is 0 Å². The Labute approximate surface area is 128 Å². The van der Waals surface area contributed by atoms with Crippen molar-refractivity contribution in [3.8, 4) is 0 Å². The van der Waals surface area contributed by atoms with Crippen LogP contribution in [0.3, 0.4) is 0 Å². The van der Waals surface area contributed by atoms with Crippen LogP contribution in [-0.4, -0.2) is 18.6 Å². The number of carbonyl (C=O) groups excluding carboxylic acids is 1. The predicted molar refractivity (Wildman–Crippen MR) is 86.7 cm³/mol. The van der Waals surface area contributed by atoms with Gasteiger partial charge in [-0.1, -0.05) is 38.5 Å². The molecule has 1 fully saturated rings. The second kappa shape index (κ2) is 7.08. The maximum atomic E-state index is 12.5. The summed E-state index contributed by atoms with van der Waals surface area (Å²) in [7, 11) is 0. The second-order valence-corrected chi connectivity index (χ2v) is 6.14. The lowest BCUT2D eigenvalue weighted by atomic mass is 9.96. The summed E-state index contributed by atoms with van der Waals surface area (Å²) < 4.78 is 5.64. The van der Waals surface area contributed by atoms with Crippen LogP contribution in [0.15, 0.2) is 12.1 Å². The fourth-order valence-electron chi connectivity index (χ4n) is 3.01. The fourth-order valence-corrected chi connectivity index (χ4v) is 3.01. The molecule has 0 aromatic heterocycles. The van der Waals surface area contributed by atoms with Crippen LogP contribution < -0.4 is 5.32 Å². The summed E-state index contributed by atoms with van der Waals surface area (Å²) in [5, 5.41) is 3.13. The van der Waals surface area contributed by atoms with Crippen LogP contribution in [0.2, 0.25) is 0 Å². The summed E-state index contributed by atoms with van der Waals surface area (Å²) in [5.41, 5.74) is 4.68. The van der Waals surface area contributed by atoms with Crippen molar-refractivity contribution in [2.45, 2.75) is 59.5 Å². The van der Waals surface area contributed by atoms with Gasteiger partial charge in [-0.15, -0.1) is 0 Å². The van der Waals surface area contributed by atoms with E-state index >= 15 is 0 Å².